The van der Waals surface area contributed by atoms with Crippen molar-refractivity contribution in [3.05, 3.63) is 0 Å². The van der Waals surface area contributed by atoms with Crippen molar-refractivity contribution in [2.45, 2.75) is 70.5 Å². The van der Waals surface area contributed by atoms with Crippen LogP contribution in [0.5, 0.6) is 0 Å². The van der Waals surface area contributed by atoms with E-state index in [1.165, 1.54) is 0 Å². The van der Waals surface area contributed by atoms with E-state index in [-0.39, 0.29) is 29.8 Å². The number of likely N-dealkylation sites (tertiary alicyclic amines) is 1. The summed E-state index contributed by atoms with van der Waals surface area (Å²) in [6.45, 7) is 6.59. The molecule has 2 fully saturated rings. The number of carbonyl (C=O) groups excluding carboxylic acids is 2. The lowest BCUT2D eigenvalue weighted by Gasteiger charge is -2.37. The maximum atomic E-state index is 12.4. The van der Waals surface area contributed by atoms with E-state index in [2.05, 4.69) is 5.32 Å². The van der Waals surface area contributed by atoms with Crippen molar-refractivity contribution in [2.24, 2.45) is 11.7 Å². The Bertz CT molecular complexity index is 393. The first-order chi connectivity index (χ1) is 9.31. The highest BCUT2D eigenvalue weighted by Gasteiger charge is 2.40. The van der Waals surface area contributed by atoms with Crippen molar-refractivity contribution in [3.63, 3.8) is 0 Å². The van der Waals surface area contributed by atoms with E-state index in [0.717, 1.165) is 25.7 Å². The monoisotopic (exact) mass is 281 g/mol. The molecule has 3 N–H and O–H groups in total. The average Bonchev–Trinajstić information content (AvgIpc) is 2.69. The van der Waals surface area contributed by atoms with Gasteiger partial charge < -0.3 is 16.0 Å². The van der Waals surface area contributed by atoms with E-state index in [1.54, 1.807) is 0 Å². The van der Waals surface area contributed by atoms with Gasteiger partial charge in [0.2, 0.25) is 11.8 Å². The van der Waals surface area contributed by atoms with E-state index in [4.69, 9.17) is 5.73 Å². The molecular formula is C15H27N3O2. The maximum absolute atomic E-state index is 12.4. The Morgan fingerprint density at radius 2 is 2.15 bits per heavy atom. The van der Waals surface area contributed by atoms with E-state index in [0.29, 0.717) is 13.0 Å². The number of hydrogen-bond acceptors (Lipinski definition) is 3. The smallest absolute Gasteiger partial charge is 0.225 e. The number of rotatable bonds is 3. The van der Waals surface area contributed by atoms with Gasteiger partial charge in [0, 0.05) is 24.5 Å². The Balaban J connectivity index is 1.94. The first-order valence-electron chi connectivity index (χ1n) is 7.70. The van der Waals surface area contributed by atoms with Gasteiger partial charge in [0.05, 0.1) is 12.0 Å². The minimum Gasteiger partial charge on any atom is -0.351 e. The number of nitrogens with one attached hydrogen (secondary N) is 1. The predicted octanol–water partition coefficient (Wildman–Crippen LogP) is 1.02. The Hall–Kier alpha value is -1.10. The van der Waals surface area contributed by atoms with Gasteiger partial charge in [-0.3, -0.25) is 9.59 Å². The van der Waals surface area contributed by atoms with Gasteiger partial charge in [-0.05, 0) is 33.6 Å². The van der Waals surface area contributed by atoms with Gasteiger partial charge in [0.25, 0.3) is 0 Å². The van der Waals surface area contributed by atoms with Crippen LogP contribution >= 0.6 is 0 Å². The van der Waals surface area contributed by atoms with E-state index in [9.17, 15) is 9.59 Å². The summed E-state index contributed by atoms with van der Waals surface area (Å²) in [7, 11) is 0. The summed E-state index contributed by atoms with van der Waals surface area (Å²) >= 11 is 0. The maximum Gasteiger partial charge on any atom is 0.225 e. The third-order valence-electron chi connectivity index (χ3n) is 4.70. The zero-order chi connectivity index (χ0) is 14.9. The molecule has 0 spiro atoms. The standard InChI is InChI=1S/C15H27N3O2/c1-10(2)18-9-11(8-13(18)19)17-14(20)12-6-4-5-7-15(12,3)16/h10-12H,4-9,16H2,1-3H3,(H,17,20). The highest BCUT2D eigenvalue weighted by Crippen LogP contribution is 2.32. The highest BCUT2D eigenvalue weighted by atomic mass is 16.2. The van der Waals surface area contributed by atoms with Crippen molar-refractivity contribution < 1.29 is 9.59 Å². The quantitative estimate of drug-likeness (QED) is 0.811. The normalized spacial score (nSPS) is 34.6. The lowest BCUT2D eigenvalue weighted by atomic mass is 9.74. The van der Waals surface area contributed by atoms with E-state index < -0.39 is 5.54 Å². The van der Waals surface area contributed by atoms with Crippen LogP contribution < -0.4 is 11.1 Å². The molecule has 0 radical (unpaired) electrons. The molecule has 1 heterocycles. The van der Waals surface area contributed by atoms with Crippen LogP contribution in [-0.4, -0.2) is 40.9 Å². The molecule has 2 aliphatic rings. The number of nitrogens with two attached hydrogens (primary N) is 1. The summed E-state index contributed by atoms with van der Waals surface area (Å²) in [5, 5.41) is 3.04. The van der Waals surface area contributed by atoms with Crippen molar-refractivity contribution in [1.82, 2.24) is 10.2 Å². The Kier molecular flexibility index (Phi) is 4.37. The second kappa shape index (κ2) is 5.72. The average molecular weight is 281 g/mol. The van der Waals surface area contributed by atoms with E-state index >= 15 is 0 Å². The van der Waals surface area contributed by atoms with Gasteiger partial charge in [-0.1, -0.05) is 12.8 Å². The minimum absolute atomic E-state index is 0.0260. The zero-order valence-electron chi connectivity index (χ0n) is 12.8. The lowest BCUT2D eigenvalue weighted by Crippen LogP contribution is -2.54. The molecule has 2 amide bonds. The summed E-state index contributed by atoms with van der Waals surface area (Å²) in [6, 6.07) is 0.133. The molecule has 1 saturated carbocycles. The SMILES string of the molecule is CC(C)N1CC(NC(=O)C2CCCCC2(C)N)CC1=O. The van der Waals surface area contributed by atoms with Crippen molar-refractivity contribution in [1.29, 1.82) is 0 Å². The number of nitrogens with zero attached hydrogens (tertiary/aromatic N) is 1. The minimum atomic E-state index is -0.414. The summed E-state index contributed by atoms with van der Waals surface area (Å²) in [5.41, 5.74) is 5.85. The summed E-state index contributed by atoms with van der Waals surface area (Å²) in [5.74, 6) is 0.0296. The molecule has 0 aromatic rings. The third-order valence-corrected chi connectivity index (χ3v) is 4.70. The number of carbonyl (C=O) groups is 2. The summed E-state index contributed by atoms with van der Waals surface area (Å²) in [4.78, 5) is 26.1. The first-order valence-corrected chi connectivity index (χ1v) is 7.70. The van der Waals surface area contributed by atoms with Crippen LogP contribution in [0.2, 0.25) is 0 Å². The first kappa shape index (κ1) is 15.3. The second-order valence-electron chi connectivity index (χ2n) is 6.85. The van der Waals surface area contributed by atoms with Gasteiger partial charge in [0.15, 0.2) is 0 Å². The van der Waals surface area contributed by atoms with Crippen LogP contribution in [0.15, 0.2) is 0 Å². The molecule has 0 bridgehead atoms. The van der Waals surface area contributed by atoms with Crippen LogP contribution in [0.4, 0.5) is 0 Å². The number of hydrogen-bond donors (Lipinski definition) is 2. The Morgan fingerprint density at radius 1 is 1.45 bits per heavy atom. The molecule has 1 aliphatic carbocycles. The second-order valence-corrected chi connectivity index (χ2v) is 6.85. The van der Waals surface area contributed by atoms with E-state index in [1.807, 2.05) is 25.7 Å². The fourth-order valence-electron chi connectivity index (χ4n) is 3.42. The summed E-state index contributed by atoms with van der Waals surface area (Å²) < 4.78 is 0. The molecule has 3 atom stereocenters. The van der Waals surface area contributed by atoms with Crippen LogP contribution in [0, 0.1) is 5.92 Å². The van der Waals surface area contributed by atoms with Crippen molar-refractivity contribution in [3.8, 4) is 0 Å². The molecule has 5 heteroatoms. The molecule has 2 rings (SSSR count). The van der Waals surface area contributed by atoms with Crippen molar-refractivity contribution >= 4 is 11.8 Å². The Morgan fingerprint density at radius 3 is 2.70 bits per heavy atom. The highest BCUT2D eigenvalue weighted by molar-refractivity contribution is 5.84. The fraction of sp³-hybridized carbons (Fsp3) is 0.867. The molecule has 5 nitrogen and oxygen atoms in total. The fourth-order valence-corrected chi connectivity index (χ4v) is 3.42. The largest absolute Gasteiger partial charge is 0.351 e. The third kappa shape index (κ3) is 3.14. The van der Waals surface area contributed by atoms with Crippen LogP contribution in [0.1, 0.15) is 52.9 Å². The van der Waals surface area contributed by atoms with Crippen LogP contribution in [0.25, 0.3) is 0 Å². The van der Waals surface area contributed by atoms with Gasteiger partial charge in [0.1, 0.15) is 0 Å². The molecule has 0 aromatic carbocycles. The van der Waals surface area contributed by atoms with Crippen molar-refractivity contribution in [2.75, 3.05) is 6.54 Å². The van der Waals surface area contributed by atoms with Gasteiger partial charge >= 0.3 is 0 Å². The molecular weight excluding hydrogens is 254 g/mol. The Labute approximate surface area is 121 Å². The number of amides is 2. The molecule has 1 saturated heterocycles. The lowest BCUT2D eigenvalue weighted by molar-refractivity contribution is -0.129. The predicted molar refractivity (Wildman–Crippen MR) is 77.9 cm³/mol. The van der Waals surface area contributed by atoms with Gasteiger partial charge in [-0.2, -0.15) is 0 Å². The molecule has 114 valence electrons. The topological polar surface area (TPSA) is 75.4 Å². The molecule has 20 heavy (non-hydrogen) atoms. The van der Waals surface area contributed by atoms with Gasteiger partial charge in [-0.25, -0.2) is 0 Å². The van der Waals surface area contributed by atoms with Crippen LogP contribution in [-0.2, 0) is 9.59 Å². The molecule has 0 aromatic heterocycles. The van der Waals surface area contributed by atoms with Crippen LogP contribution in [0.3, 0.4) is 0 Å². The molecule has 1 aliphatic heterocycles. The summed E-state index contributed by atoms with van der Waals surface area (Å²) in [6.07, 6.45) is 4.32. The molecule has 3 unspecified atom stereocenters. The van der Waals surface area contributed by atoms with Gasteiger partial charge in [-0.15, -0.1) is 0 Å². The zero-order valence-corrected chi connectivity index (χ0v) is 12.8.